The SMILES string of the molecule is CSC(CO)C(C)Nc1c(N)cnc2ccccc12. The summed E-state index contributed by atoms with van der Waals surface area (Å²) in [5.41, 5.74) is 8.46. The molecule has 1 heterocycles. The third kappa shape index (κ3) is 2.93. The number of nitrogens with one attached hydrogen (secondary N) is 1. The van der Waals surface area contributed by atoms with Gasteiger partial charge in [-0.15, -0.1) is 0 Å². The number of benzene rings is 1. The third-order valence-electron chi connectivity index (χ3n) is 3.22. The van der Waals surface area contributed by atoms with Gasteiger partial charge in [0, 0.05) is 16.7 Å². The lowest BCUT2D eigenvalue weighted by Gasteiger charge is -2.24. The Morgan fingerprint density at radius 2 is 2.16 bits per heavy atom. The summed E-state index contributed by atoms with van der Waals surface area (Å²) >= 11 is 1.64. The van der Waals surface area contributed by atoms with Gasteiger partial charge >= 0.3 is 0 Å². The van der Waals surface area contributed by atoms with Crippen molar-refractivity contribution in [3.63, 3.8) is 0 Å². The van der Waals surface area contributed by atoms with Crippen molar-refractivity contribution >= 4 is 34.0 Å². The number of thioether (sulfide) groups is 1. The Balaban J connectivity index is 2.36. The van der Waals surface area contributed by atoms with E-state index in [9.17, 15) is 5.11 Å². The minimum Gasteiger partial charge on any atom is -0.396 e. The molecular formula is C14H19N3OS. The van der Waals surface area contributed by atoms with Gasteiger partial charge < -0.3 is 16.2 Å². The molecule has 4 nitrogen and oxygen atoms in total. The highest BCUT2D eigenvalue weighted by Gasteiger charge is 2.17. The fourth-order valence-electron chi connectivity index (χ4n) is 2.08. The number of aromatic nitrogens is 1. The van der Waals surface area contributed by atoms with E-state index in [1.54, 1.807) is 18.0 Å². The van der Waals surface area contributed by atoms with E-state index in [0.717, 1.165) is 16.6 Å². The Hall–Kier alpha value is -1.46. The van der Waals surface area contributed by atoms with Crippen LogP contribution < -0.4 is 11.1 Å². The smallest absolute Gasteiger partial charge is 0.0743 e. The standard InChI is InChI=1S/C14H19N3OS/c1-9(13(8-18)19-2)17-14-10-5-3-4-6-12(10)16-7-11(14)15/h3-7,9,13,18H,8,15H2,1-2H3,(H,16,17). The van der Waals surface area contributed by atoms with Crippen molar-refractivity contribution in [2.75, 3.05) is 23.9 Å². The molecule has 2 rings (SSSR count). The van der Waals surface area contributed by atoms with Gasteiger partial charge in [0.25, 0.3) is 0 Å². The number of aliphatic hydroxyl groups excluding tert-OH is 1. The van der Waals surface area contributed by atoms with Crippen molar-refractivity contribution in [2.24, 2.45) is 0 Å². The highest BCUT2D eigenvalue weighted by atomic mass is 32.2. The van der Waals surface area contributed by atoms with E-state index in [-0.39, 0.29) is 17.9 Å². The number of pyridine rings is 1. The summed E-state index contributed by atoms with van der Waals surface area (Å²) in [7, 11) is 0. The molecule has 0 aliphatic carbocycles. The Morgan fingerprint density at radius 1 is 1.42 bits per heavy atom. The molecule has 0 aliphatic heterocycles. The summed E-state index contributed by atoms with van der Waals surface area (Å²) in [5.74, 6) is 0. The van der Waals surface area contributed by atoms with Gasteiger partial charge in [-0.1, -0.05) is 18.2 Å². The fourth-order valence-corrected chi connectivity index (χ4v) is 2.70. The molecule has 0 aliphatic rings. The van der Waals surface area contributed by atoms with Gasteiger partial charge in [0.1, 0.15) is 0 Å². The lowest BCUT2D eigenvalue weighted by atomic mass is 10.1. The molecule has 0 amide bonds. The number of nitrogens with zero attached hydrogens (tertiary/aromatic N) is 1. The van der Waals surface area contributed by atoms with Crippen LogP contribution in [0.2, 0.25) is 0 Å². The summed E-state index contributed by atoms with van der Waals surface area (Å²) in [6, 6.07) is 8.01. The Kier molecular flexibility index (Phi) is 4.50. The summed E-state index contributed by atoms with van der Waals surface area (Å²) in [6.45, 7) is 2.18. The number of nitrogen functional groups attached to an aromatic ring is 1. The zero-order chi connectivity index (χ0) is 13.8. The van der Waals surface area contributed by atoms with Crippen LogP contribution in [0.5, 0.6) is 0 Å². The molecule has 1 aromatic carbocycles. The van der Waals surface area contributed by atoms with Crippen LogP contribution >= 0.6 is 11.8 Å². The number of hydrogen-bond donors (Lipinski definition) is 3. The molecule has 2 atom stereocenters. The van der Waals surface area contributed by atoms with Gasteiger partial charge in [0.15, 0.2) is 0 Å². The van der Waals surface area contributed by atoms with Crippen LogP contribution in [0, 0.1) is 0 Å². The first-order valence-electron chi connectivity index (χ1n) is 6.20. The molecule has 102 valence electrons. The molecule has 0 fully saturated rings. The number of fused-ring (bicyclic) bond motifs is 1. The van der Waals surface area contributed by atoms with E-state index in [2.05, 4.69) is 10.3 Å². The van der Waals surface area contributed by atoms with Gasteiger partial charge in [-0.2, -0.15) is 11.8 Å². The maximum Gasteiger partial charge on any atom is 0.0743 e. The molecule has 0 saturated heterocycles. The topological polar surface area (TPSA) is 71.2 Å². The van der Waals surface area contributed by atoms with Crippen molar-refractivity contribution < 1.29 is 5.11 Å². The van der Waals surface area contributed by atoms with Crippen molar-refractivity contribution in [1.82, 2.24) is 4.98 Å². The van der Waals surface area contributed by atoms with Crippen LogP contribution in [-0.4, -0.2) is 34.2 Å². The highest BCUT2D eigenvalue weighted by Crippen LogP contribution is 2.29. The molecule has 0 bridgehead atoms. The van der Waals surface area contributed by atoms with Gasteiger partial charge in [-0.25, -0.2) is 0 Å². The molecule has 0 saturated carbocycles. The predicted molar refractivity (Wildman–Crippen MR) is 83.6 cm³/mol. The second-order valence-electron chi connectivity index (χ2n) is 4.50. The molecule has 2 aromatic rings. The van der Waals surface area contributed by atoms with Crippen LogP contribution in [0.25, 0.3) is 10.9 Å². The maximum absolute atomic E-state index is 9.35. The molecule has 0 spiro atoms. The van der Waals surface area contributed by atoms with Gasteiger partial charge in [-0.05, 0) is 19.2 Å². The van der Waals surface area contributed by atoms with E-state index in [1.165, 1.54) is 0 Å². The molecule has 5 heteroatoms. The fraction of sp³-hybridized carbons (Fsp3) is 0.357. The van der Waals surface area contributed by atoms with E-state index >= 15 is 0 Å². The maximum atomic E-state index is 9.35. The highest BCUT2D eigenvalue weighted by molar-refractivity contribution is 7.99. The average molecular weight is 277 g/mol. The van der Waals surface area contributed by atoms with Crippen LogP contribution in [0.4, 0.5) is 11.4 Å². The molecule has 1 aromatic heterocycles. The zero-order valence-corrected chi connectivity index (χ0v) is 11.9. The first-order valence-corrected chi connectivity index (χ1v) is 7.49. The van der Waals surface area contributed by atoms with Gasteiger partial charge in [0.2, 0.25) is 0 Å². The summed E-state index contributed by atoms with van der Waals surface area (Å²) in [5, 5.41) is 13.9. The summed E-state index contributed by atoms with van der Waals surface area (Å²) in [4.78, 5) is 4.31. The van der Waals surface area contributed by atoms with Crippen LogP contribution in [0.15, 0.2) is 30.5 Å². The number of rotatable bonds is 5. The van der Waals surface area contributed by atoms with Crippen molar-refractivity contribution in [1.29, 1.82) is 0 Å². The third-order valence-corrected chi connectivity index (χ3v) is 4.38. The van der Waals surface area contributed by atoms with E-state index in [0.29, 0.717) is 5.69 Å². The van der Waals surface area contributed by atoms with Crippen molar-refractivity contribution in [2.45, 2.75) is 18.2 Å². The van der Waals surface area contributed by atoms with E-state index in [4.69, 9.17) is 5.73 Å². The number of hydrogen-bond acceptors (Lipinski definition) is 5. The Bertz CT molecular complexity index is 557. The first kappa shape index (κ1) is 14.0. The number of nitrogens with two attached hydrogens (primary N) is 1. The van der Waals surface area contributed by atoms with E-state index in [1.807, 2.05) is 37.4 Å². The number of aliphatic hydroxyl groups is 1. The Morgan fingerprint density at radius 3 is 2.84 bits per heavy atom. The predicted octanol–water partition coefficient (Wildman–Crippen LogP) is 2.34. The molecular weight excluding hydrogens is 258 g/mol. The summed E-state index contributed by atoms with van der Waals surface area (Å²) in [6.07, 6.45) is 3.66. The lowest BCUT2D eigenvalue weighted by molar-refractivity contribution is 0.288. The normalized spacial score (nSPS) is 14.3. The molecule has 4 N–H and O–H groups in total. The van der Waals surface area contributed by atoms with Crippen LogP contribution in [-0.2, 0) is 0 Å². The quantitative estimate of drug-likeness (QED) is 0.782. The Labute approximate surface area is 117 Å². The second kappa shape index (κ2) is 6.12. The molecule has 2 unspecified atom stereocenters. The largest absolute Gasteiger partial charge is 0.396 e. The number of anilines is 2. The minimum absolute atomic E-state index is 0.119. The monoisotopic (exact) mass is 277 g/mol. The second-order valence-corrected chi connectivity index (χ2v) is 5.57. The number of para-hydroxylation sites is 1. The van der Waals surface area contributed by atoms with Crippen molar-refractivity contribution in [3.8, 4) is 0 Å². The average Bonchev–Trinajstić information content (AvgIpc) is 2.43. The lowest BCUT2D eigenvalue weighted by Crippen LogP contribution is -2.31. The molecule has 19 heavy (non-hydrogen) atoms. The van der Waals surface area contributed by atoms with Crippen LogP contribution in [0.1, 0.15) is 6.92 Å². The van der Waals surface area contributed by atoms with Gasteiger partial charge in [0.05, 0.1) is 29.7 Å². The minimum atomic E-state index is 0.119. The van der Waals surface area contributed by atoms with Crippen LogP contribution in [0.3, 0.4) is 0 Å². The van der Waals surface area contributed by atoms with Gasteiger partial charge in [-0.3, -0.25) is 4.98 Å². The first-order chi connectivity index (χ1) is 9.17. The van der Waals surface area contributed by atoms with Crippen molar-refractivity contribution in [3.05, 3.63) is 30.5 Å². The van der Waals surface area contributed by atoms with E-state index < -0.39 is 0 Å². The zero-order valence-electron chi connectivity index (χ0n) is 11.1. The molecule has 0 radical (unpaired) electrons. The summed E-state index contributed by atoms with van der Waals surface area (Å²) < 4.78 is 0.